The highest BCUT2D eigenvalue weighted by molar-refractivity contribution is 6.16. The van der Waals surface area contributed by atoms with Gasteiger partial charge < -0.3 is 9.30 Å². The van der Waals surface area contributed by atoms with Crippen molar-refractivity contribution in [2.24, 2.45) is 5.92 Å². The number of hydrogen-bond acceptors (Lipinski definition) is 2. The van der Waals surface area contributed by atoms with Crippen LogP contribution >= 0.6 is 11.6 Å². The van der Waals surface area contributed by atoms with E-state index in [9.17, 15) is 0 Å². The average Bonchev–Trinajstić information content (AvgIpc) is 2.69. The van der Waals surface area contributed by atoms with E-state index in [0.29, 0.717) is 11.8 Å². The number of fused-ring (bicyclic) bond motifs is 1. The number of aromatic nitrogens is 2. The molecule has 0 fully saturated rings. The molecule has 0 aliphatic rings. The summed E-state index contributed by atoms with van der Waals surface area (Å²) in [5.41, 5.74) is 3.41. The highest BCUT2D eigenvalue weighted by Gasteiger charge is 2.13. The summed E-state index contributed by atoms with van der Waals surface area (Å²) in [6.07, 6.45) is 0. The van der Waals surface area contributed by atoms with Gasteiger partial charge in [-0.1, -0.05) is 19.1 Å². The fourth-order valence-corrected chi connectivity index (χ4v) is 2.49. The van der Waals surface area contributed by atoms with Gasteiger partial charge in [-0.3, -0.25) is 0 Å². The van der Waals surface area contributed by atoms with E-state index >= 15 is 0 Å². The van der Waals surface area contributed by atoms with Gasteiger partial charge in [0.2, 0.25) is 0 Å². The summed E-state index contributed by atoms with van der Waals surface area (Å²) in [7, 11) is 1.73. The largest absolute Gasteiger partial charge is 0.384 e. The van der Waals surface area contributed by atoms with Gasteiger partial charge in [-0.2, -0.15) is 0 Å². The summed E-state index contributed by atoms with van der Waals surface area (Å²) in [5, 5.41) is 0. The first-order valence-electron chi connectivity index (χ1n) is 6.17. The van der Waals surface area contributed by atoms with Gasteiger partial charge in [0, 0.05) is 13.7 Å². The normalized spacial score (nSPS) is 13.1. The Labute approximate surface area is 113 Å². The molecule has 0 amide bonds. The van der Waals surface area contributed by atoms with Crippen molar-refractivity contribution in [2.45, 2.75) is 26.3 Å². The van der Waals surface area contributed by atoms with Crippen LogP contribution in [0.4, 0.5) is 0 Å². The molecule has 4 heteroatoms. The predicted molar refractivity (Wildman–Crippen MR) is 75.1 cm³/mol. The first-order chi connectivity index (χ1) is 8.67. The maximum atomic E-state index is 6.00. The first kappa shape index (κ1) is 13.4. The summed E-state index contributed by atoms with van der Waals surface area (Å²) in [4.78, 5) is 4.63. The molecule has 2 rings (SSSR count). The van der Waals surface area contributed by atoms with E-state index in [2.05, 4.69) is 41.6 Å². The van der Waals surface area contributed by atoms with Crippen molar-refractivity contribution in [3.63, 3.8) is 0 Å². The van der Waals surface area contributed by atoms with Crippen molar-refractivity contribution in [2.75, 3.05) is 13.7 Å². The van der Waals surface area contributed by atoms with Gasteiger partial charge >= 0.3 is 0 Å². The molecule has 1 atom stereocenters. The van der Waals surface area contributed by atoms with Crippen LogP contribution in [0.15, 0.2) is 18.2 Å². The van der Waals surface area contributed by atoms with E-state index < -0.39 is 0 Å². The zero-order valence-electron chi connectivity index (χ0n) is 11.1. The van der Waals surface area contributed by atoms with Crippen molar-refractivity contribution in [1.82, 2.24) is 9.55 Å². The molecule has 0 bridgehead atoms. The fraction of sp³-hybridized carbons (Fsp3) is 0.500. The number of benzene rings is 1. The highest BCUT2D eigenvalue weighted by Crippen LogP contribution is 2.22. The summed E-state index contributed by atoms with van der Waals surface area (Å²) >= 11 is 6.00. The second kappa shape index (κ2) is 5.72. The first-order valence-corrected chi connectivity index (χ1v) is 6.70. The Hall–Kier alpha value is -1.06. The molecule has 3 nitrogen and oxygen atoms in total. The number of rotatable bonds is 5. The lowest BCUT2D eigenvalue weighted by Crippen LogP contribution is -2.14. The van der Waals surface area contributed by atoms with Crippen molar-refractivity contribution in [3.05, 3.63) is 29.6 Å². The van der Waals surface area contributed by atoms with Crippen molar-refractivity contribution >= 4 is 22.6 Å². The van der Waals surface area contributed by atoms with Crippen LogP contribution in [0.25, 0.3) is 11.0 Å². The van der Waals surface area contributed by atoms with Gasteiger partial charge in [-0.15, -0.1) is 11.6 Å². The fourth-order valence-electron chi connectivity index (χ4n) is 2.29. The molecule has 0 spiro atoms. The Balaban J connectivity index is 2.44. The lowest BCUT2D eigenvalue weighted by molar-refractivity contribution is 0.151. The minimum Gasteiger partial charge on any atom is -0.384 e. The van der Waals surface area contributed by atoms with E-state index in [-0.39, 0.29) is 0 Å². The smallest absolute Gasteiger partial charge is 0.124 e. The number of para-hydroxylation sites is 1. The third-order valence-corrected chi connectivity index (χ3v) is 3.36. The SMILES string of the molecule is COCC(C)Cn1c(CCl)nc2c(C)cccc21. The number of aryl methyl sites for hydroxylation is 1. The molecular weight excluding hydrogens is 248 g/mol. The Kier molecular flexibility index (Phi) is 4.25. The van der Waals surface area contributed by atoms with E-state index in [1.807, 2.05) is 0 Å². The quantitative estimate of drug-likeness (QED) is 0.776. The van der Waals surface area contributed by atoms with Crippen LogP contribution in [0.3, 0.4) is 0 Å². The number of alkyl halides is 1. The van der Waals surface area contributed by atoms with Gasteiger partial charge in [0.1, 0.15) is 5.82 Å². The lowest BCUT2D eigenvalue weighted by Gasteiger charge is -2.13. The molecule has 0 radical (unpaired) electrons. The van der Waals surface area contributed by atoms with Crippen LogP contribution in [0.1, 0.15) is 18.3 Å². The summed E-state index contributed by atoms with van der Waals surface area (Å²) in [6.45, 7) is 5.88. The third kappa shape index (κ3) is 2.52. The third-order valence-electron chi connectivity index (χ3n) is 3.12. The average molecular weight is 267 g/mol. The van der Waals surface area contributed by atoms with Crippen LogP contribution in [0.5, 0.6) is 0 Å². The van der Waals surface area contributed by atoms with Crippen LogP contribution < -0.4 is 0 Å². The number of methoxy groups -OCH3 is 1. The molecule has 1 aromatic carbocycles. The molecule has 0 aliphatic carbocycles. The van der Waals surface area contributed by atoms with E-state index in [1.54, 1.807) is 7.11 Å². The molecule has 2 aromatic rings. The summed E-state index contributed by atoms with van der Waals surface area (Å²) in [6, 6.07) is 6.25. The number of hydrogen-bond donors (Lipinski definition) is 0. The zero-order chi connectivity index (χ0) is 13.1. The van der Waals surface area contributed by atoms with Gasteiger partial charge in [-0.05, 0) is 24.5 Å². The molecule has 98 valence electrons. The number of nitrogens with zero attached hydrogens (tertiary/aromatic N) is 2. The Morgan fingerprint density at radius 1 is 1.44 bits per heavy atom. The summed E-state index contributed by atoms with van der Waals surface area (Å²) in [5.74, 6) is 1.81. The standard InChI is InChI=1S/C14H19ClN2O/c1-10(9-18-3)8-17-12-6-4-5-11(2)14(12)16-13(17)7-15/h4-6,10H,7-9H2,1-3H3. The van der Waals surface area contributed by atoms with Gasteiger partial charge in [0.15, 0.2) is 0 Å². The molecule has 18 heavy (non-hydrogen) atoms. The molecule has 1 unspecified atom stereocenters. The van der Waals surface area contributed by atoms with E-state index in [1.165, 1.54) is 5.56 Å². The minimum atomic E-state index is 0.438. The van der Waals surface area contributed by atoms with Crippen molar-refractivity contribution in [1.29, 1.82) is 0 Å². The van der Waals surface area contributed by atoms with Crippen LogP contribution in [0, 0.1) is 12.8 Å². The topological polar surface area (TPSA) is 27.1 Å². The predicted octanol–water partition coefficient (Wildman–Crippen LogP) is 3.37. The molecule has 0 N–H and O–H groups in total. The highest BCUT2D eigenvalue weighted by atomic mass is 35.5. The Bertz CT molecular complexity index is 536. The maximum absolute atomic E-state index is 6.00. The summed E-state index contributed by atoms with van der Waals surface area (Å²) < 4.78 is 7.40. The lowest BCUT2D eigenvalue weighted by atomic mass is 10.2. The van der Waals surface area contributed by atoms with Gasteiger partial charge in [0.25, 0.3) is 0 Å². The van der Waals surface area contributed by atoms with E-state index in [4.69, 9.17) is 16.3 Å². The van der Waals surface area contributed by atoms with Crippen molar-refractivity contribution in [3.8, 4) is 0 Å². The van der Waals surface area contributed by atoms with Crippen LogP contribution in [-0.2, 0) is 17.2 Å². The minimum absolute atomic E-state index is 0.438. The Morgan fingerprint density at radius 3 is 2.89 bits per heavy atom. The van der Waals surface area contributed by atoms with Gasteiger partial charge in [0.05, 0.1) is 23.5 Å². The van der Waals surface area contributed by atoms with Crippen LogP contribution in [-0.4, -0.2) is 23.3 Å². The second-order valence-electron chi connectivity index (χ2n) is 4.78. The number of ether oxygens (including phenoxy) is 1. The number of halogens is 1. The van der Waals surface area contributed by atoms with Crippen molar-refractivity contribution < 1.29 is 4.74 Å². The second-order valence-corrected chi connectivity index (χ2v) is 5.04. The maximum Gasteiger partial charge on any atom is 0.124 e. The van der Waals surface area contributed by atoms with Gasteiger partial charge in [-0.25, -0.2) is 4.98 Å². The zero-order valence-corrected chi connectivity index (χ0v) is 11.9. The molecule has 0 aliphatic heterocycles. The molecular formula is C14H19ClN2O. The molecule has 1 heterocycles. The molecule has 1 aromatic heterocycles. The molecule has 0 saturated heterocycles. The van der Waals surface area contributed by atoms with Crippen LogP contribution in [0.2, 0.25) is 0 Å². The number of imidazole rings is 1. The molecule has 0 saturated carbocycles. The Morgan fingerprint density at radius 2 is 2.22 bits per heavy atom. The van der Waals surface area contributed by atoms with E-state index in [0.717, 1.165) is 30.0 Å². The monoisotopic (exact) mass is 266 g/mol.